The number of ether oxygens (including phenoxy) is 1. The largest absolute Gasteiger partial charge is 0.497 e. The van der Waals surface area contributed by atoms with Gasteiger partial charge in [-0.1, -0.05) is 13.0 Å². The van der Waals surface area contributed by atoms with E-state index in [0.29, 0.717) is 5.75 Å². The molecule has 0 saturated carbocycles. The van der Waals surface area contributed by atoms with E-state index in [-0.39, 0.29) is 16.1 Å². The first-order chi connectivity index (χ1) is 12.9. The second kappa shape index (κ2) is 8.22. The number of rotatable bonds is 6. The van der Waals surface area contributed by atoms with Crippen LogP contribution in [0.5, 0.6) is 5.75 Å². The van der Waals surface area contributed by atoms with Crippen LogP contribution in [0.3, 0.4) is 0 Å². The molecule has 0 aliphatic carbocycles. The summed E-state index contributed by atoms with van der Waals surface area (Å²) in [7, 11) is -2.31. The fourth-order valence-electron chi connectivity index (χ4n) is 2.55. The molecule has 0 saturated heterocycles. The van der Waals surface area contributed by atoms with Gasteiger partial charge in [-0.2, -0.15) is 13.2 Å². The van der Waals surface area contributed by atoms with E-state index in [9.17, 15) is 26.4 Å². The van der Waals surface area contributed by atoms with Gasteiger partial charge in [-0.05, 0) is 48.9 Å². The Morgan fingerprint density at radius 1 is 1.14 bits per heavy atom. The predicted molar refractivity (Wildman–Crippen MR) is 99.0 cm³/mol. The van der Waals surface area contributed by atoms with Crippen molar-refractivity contribution in [2.45, 2.75) is 24.9 Å². The summed E-state index contributed by atoms with van der Waals surface area (Å²) in [5.74, 6) is -1.65. The molecule has 0 heterocycles. The molecule has 9 heteroatoms. The summed E-state index contributed by atoms with van der Waals surface area (Å²) in [6.45, 7) is 2.72. The third kappa shape index (κ3) is 5.25. The second-order valence-corrected chi connectivity index (χ2v) is 8.41. The van der Waals surface area contributed by atoms with Crippen LogP contribution >= 0.6 is 0 Å². The Balaban J connectivity index is 2.12. The molecular weight excluding hydrogens is 395 g/mol. The molecule has 1 atom stereocenters. The average Bonchev–Trinajstić information content (AvgIpc) is 2.62. The first kappa shape index (κ1) is 21.7. The zero-order valence-corrected chi connectivity index (χ0v) is 16.3. The van der Waals surface area contributed by atoms with E-state index in [1.807, 2.05) is 0 Å². The predicted octanol–water partition coefficient (Wildman–Crippen LogP) is 4.07. The van der Waals surface area contributed by atoms with Gasteiger partial charge in [0.15, 0.2) is 9.84 Å². The van der Waals surface area contributed by atoms with E-state index in [4.69, 9.17) is 4.74 Å². The van der Waals surface area contributed by atoms with E-state index in [2.05, 4.69) is 5.32 Å². The normalized spacial score (nSPS) is 13.1. The fraction of sp³-hybridized carbons (Fsp3) is 0.316. The zero-order valence-electron chi connectivity index (χ0n) is 15.5. The van der Waals surface area contributed by atoms with Crippen molar-refractivity contribution in [1.29, 1.82) is 0 Å². The highest BCUT2D eigenvalue weighted by atomic mass is 32.2. The van der Waals surface area contributed by atoms with E-state index >= 15 is 0 Å². The van der Waals surface area contributed by atoms with Gasteiger partial charge >= 0.3 is 6.18 Å². The van der Waals surface area contributed by atoms with Gasteiger partial charge in [0.05, 0.1) is 23.3 Å². The lowest BCUT2D eigenvalue weighted by Gasteiger charge is -2.15. The Morgan fingerprint density at radius 3 is 2.29 bits per heavy atom. The topological polar surface area (TPSA) is 72.5 Å². The molecule has 0 aliphatic heterocycles. The SMILES string of the molecule is COc1ccc(S(=O)(=O)CC(C)C(=O)Nc2ccc(C)c(C(F)(F)F)c2)cc1. The van der Waals surface area contributed by atoms with Gasteiger partial charge in [-0.3, -0.25) is 4.79 Å². The molecule has 5 nitrogen and oxygen atoms in total. The number of sulfone groups is 1. The number of alkyl halides is 3. The Morgan fingerprint density at radius 2 is 1.75 bits per heavy atom. The minimum atomic E-state index is -4.55. The molecule has 0 bridgehead atoms. The fourth-order valence-corrected chi connectivity index (χ4v) is 4.11. The van der Waals surface area contributed by atoms with Crippen molar-refractivity contribution >= 4 is 21.4 Å². The molecule has 0 radical (unpaired) electrons. The number of carbonyl (C=O) groups excluding carboxylic acids is 1. The van der Waals surface area contributed by atoms with Gasteiger partial charge in [0.1, 0.15) is 5.75 Å². The maximum atomic E-state index is 13.0. The highest BCUT2D eigenvalue weighted by Crippen LogP contribution is 2.33. The molecule has 1 N–H and O–H groups in total. The number of nitrogens with one attached hydrogen (secondary N) is 1. The van der Waals surface area contributed by atoms with Gasteiger partial charge in [-0.25, -0.2) is 8.42 Å². The van der Waals surface area contributed by atoms with Crippen molar-refractivity contribution in [2.75, 3.05) is 18.2 Å². The molecule has 0 spiro atoms. The summed E-state index contributed by atoms with van der Waals surface area (Å²) in [6, 6.07) is 9.14. The summed E-state index contributed by atoms with van der Waals surface area (Å²) in [4.78, 5) is 12.3. The first-order valence-electron chi connectivity index (χ1n) is 8.29. The number of halogens is 3. The van der Waals surface area contributed by atoms with Crippen LogP contribution in [0.15, 0.2) is 47.4 Å². The summed E-state index contributed by atoms with van der Waals surface area (Å²) in [6.07, 6.45) is -4.55. The number of hydrogen-bond acceptors (Lipinski definition) is 4. The molecule has 2 aromatic carbocycles. The van der Waals surface area contributed by atoms with Crippen molar-refractivity contribution in [2.24, 2.45) is 5.92 Å². The number of anilines is 1. The van der Waals surface area contributed by atoms with Crippen molar-refractivity contribution in [3.63, 3.8) is 0 Å². The van der Waals surface area contributed by atoms with Crippen LogP contribution in [0.4, 0.5) is 18.9 Å². The van der Waals surface area contributed by atoms with Crippen LogP contribution in [0.2, 0.25) is 0 Å². The lowest BCUT2D eigenvalue weighted by atomic mass is 10.1. The standard InChI is InChI=1S/C19H20F3NO4S/c1-12-4-5-14(10-17(12)19(20,21)22)23-18(24)13(2)11-28(25,26)16-8-6-15(27-3)7-9-16/h4-10,13H,11H2,1-3H3,(H,23,24). The Labute approximate surface area is 161 Å². The van der Waals surface area contributed by atoms with Crippen molar-refractivity contribution in [3.8, 4) is 5.75 Å². The molecule has 0 aliphatic rings. The highest BCUT2D eigenvalue weighted by Gasteiger charge is 2.32. The molecule has 1 unspecified atom stereocenters. The molecule has 1 amide bonds. The van der Waals surface area contributed by atoms with Crippen LogP contribution in [0.1, 0.15) is 18.1 Å². The van der Waals surface area contributed by atoms with E-state index in [1.165, 1.54) is 57.4 Å². The van der Waals surface area contributed by atoms with Gasteiger partial charge in [-0.15, -0.1) is 0 Å². The summed E-state index contributed by atoms with van der Waals surface area (Å²) >= 11 is 0. The summed E-state index contributed by atoms with van der Waals surface area (Å²) in [5, 5.41) is 2.35. The number of benzene rings is 2. The third-order valence-corrected chi connectivity index (χ3v) is 6.08. The number of methoxy groups -OCH3 is 1. The monoisotopic (exact) mass is 415 g/mol. The first-order valence-corrected chi connectivity index (χ1v) is 9.95. The van der Waals surface area contributed by atoms with Crippen molar-refractivity contribution < 1.29 is 31.1 Å². The average molecular weight is 415 g/mol. The second-order valence-electron chi connectivity index (χ2n) is 6.37. The lowest BCUT2D eigenvalue weighted by molar-refractivity contribution is -0.138. The molecule has 152 valence electrons. The molecule has 2 rings (SSSR count). The van der Waals surface area contributed by atoms with Crippen molar-refractivity contribution in [3.05, 3.63) is 53.6 Å². The molecular formula is C19H20F3NO4S. The number of aryl methyl sites for hydroxylation is 1. The Hall–Kier alpha value is -2.55. The van der Waals surface area contributed by atoms with Crippen LogP contribution in [-0.4, -0.2) is 27.2 Å². The van der Waals surface area contributed by atoms with E-state index in [1.54, 1.807) is 0 Å². The van der Waals surface area contributed by atoms with Crippen LogP contribution in [-0.2, 0) is 20.8 Å². The smallest absolute Gasteiger partial charge is 0.416 e. The van der Waals surface area contributed by atoms with Gasteiger partial charge in [0, 0.05) is 11.6 Å². The van der Waals surface area contributed by atoms with E-state index < -0.39 is 39.2 Å². The van der Waals surface area contributed by atoms with Crippen LogP contribution < -0.4 is 10.1 Å². The summed E-state index contributed by atoms with van der Waals surface area (Å²) in [5.41, 5.74) is -0.874. The quantitative estimate of drug-likeness (QED) is 0.772. The molecule has 2 aromatic rings. The molecule has 28 heavy (non-hydrogen) atoms. The third-order valence-electron chi connectivity index (χ3n) is 4.15. The molecule has 0 fully saturated rings. The van der Waals surface area contributed by atoms with E-state index in [0.717, 1.165) is 6.07 Å². The van der Waals surface area contributed by atoms with Gasteiger partial charge < -0.3 is 10.1 Å². The van der Waals surface area contributed by atoms with Gasteiger partial charge in [0.25, 0.3) is 0 Å². The van der Waals surface area contributed by atoms with Crippen LogP contribution in [0.25, 0.3) is 0 Å². The lowest BCUT2D eigenvalue weighted by Crippen LogP contribution is -2.27. The van der Waals surface area contributed by atoms with Crippen LogP contribution in [0, 0.1) is 12.8 Å². The van der Waals surface area contributed by atoms with Crippen molar-refractivity contribution in [1.82, 2.24) is 0 Å². The number of amides is 1. The maximum Gasteiger partial charge on any atom is 0.416 e. The minimum Gasteiger partial charge on any atom is -0.497 e. The van der Waals surface area contributed by atoms with Gasteiger partial charge in [0.2, 0.25) is 5.91 Å². The molecule has 0 aromatic heterocycles. The number of carbonyl (C=O) groups is 1. The Kier molecular flexibility index (Phi) is 6.38. The Bertz CT molecular complexity index is 954. The minimum absolute atomic E-state index is 0.0284. The summed E-state index contributed by atoms with van der Waals surface area (Å²) < 4.78 is 68.9. The highest BCUT2D eigenvalue weighted by molar-refractivity contribution is 7.91. The number of hydrogen-bond donors (Lipinski definition) is 1. The zero-order chi connectivity index (χ0) is 21.1. The maximum absolute atomic E-state index is 13.0.